The van der Waals surface area contributed by atoms with Gasteiger partial charge in [-0.25, -0.2) is 0 Å². The maximum Gasteiger partial charge on any atom is 0.289 e. The number of hydrogen-bond donors (Lipinski definition) is 0. The summed E-state index contributed by atoms with van der Waals surface area (Å²) in [5, 5.41) is -0.0575. The van der Waals surface area contributed by atoms with Gasteiger partial charge in [0.15, 0.2) is 0 Å². The van der Waals surface area contributed by atoms with E-state index in [0.717, 1.165) is 37.8 Å². The Morgan fingerprint density at radius 2 is 2.29 bits per heavy atom. The number of likely N-dealkylation sites (tertiary alicyclic amines) is 1. The highest BCUT2D eigenvalue weighted by Crippen LogP contribution is 2.25. The number of nitrogens with zero attached hydrogens (tertiary/aromatic N) is 2. The van der Waals surface area contributed by atoms with Gasteiger partial charge in [-0.3, -0.25) is 14.5 Å². The van der Waals surface area contributed by atoms with Gasteiger partial charge in [0.2, 0.25) is 5.91 Å². The van der Waals surface area contributed by atoms with E-state index in [-0.39, 0.29) is 17.2 Å². The Morgan fingerprint density at radius 3 is 2.79 bits per heavy atom. The molecule has 2 rings (SSSR count). The van der Waals surface area contributed by atoms with Crippen LogP contribution in [0.4, 0.5) is 4.79 Å². The maximum absolute atomic E-state index is 11.4. The molecule has 2 amide bonds. The largest absolute Gasteiger partial charge is 0.301 e. The van der Waals surface area contributed by atoms with Gasteiger partial charge in [-0.2, -0.15) is 0 Å². The summed E-state index contributed by atoms with van der Waals surface area (Å²) < 4.78 is 0. The fourth-order valence-corrected chi connectivity index (χ4v) is 2.80. The Labute approximate surface area is 87.6 Å². The molecule has 2 heterocycles. The van der Waals surface area contributed by atoms with Gasteiger partial charge in [0.1, 0.15) is 0 Å². The number of carbonyl (C=O) groups is 2. The molecule has 4 nitrogen and oxygen atoms in total. The highest BCUT2D eigenvalue weighted by Gasteiger charge is 2.38. The van der Waals surface area contributed by atoms with Crippen LogP contribution < -0.4 is 0 Å². The molecule has 0 radical (unpaired) electrons. The minimum atomic E-state index is -0.0575. The van der Waals surface area contributed by atoms with E-state index in [1.54, 1.807) is 0 Å². The van der Waals surface area contributed by atoms with Crippen molar-refractivity contribution < 1.29 is 9.59 Å². The Balaban J connectivity index is 2.02. The van der Waals surface area contributed by atoms with Crippen molar-refractivity contribution in [3.63, 3.8) is 0 Å². The van der Waals surface area contributed by atoms with Gasteiger partial charge < -0.3 is 4.90 Å². The molecule has 0 aromatic heterocycles. The van der Waals surface area contributed by atoms with Gasteiger partial charge >= 0.3 is 0 Å². The molecule has 5 heteroatoms. The molecule has 0 aromatic carbocycles. The minimum Gasteiger partial charge on any atom is -0.301 e. The number of rotatable bonds is 2. The van der Waals surface area contributed by atoms with Crippen LogP contribution in [0, 0.1) is 0 Å². The molecular weight excluding hydrogens is 200 g/mol. The van der Waals surface area contributed by atoms with E-state index < -0.39 is 0 Å². The van der Waals surface area contributed by atoms with Crippen LogP contribution in [0.1, 0.15) is 13.3 Å². The smallest absolute Gasteiger partial charge is 0.289 e. The van der Waals surface area contributed by atoms with E-state index in [0.29, 0.717) is 5.75 Å². The van der Waals surface area contributed by atoms with E-state index in [2.05, 4.69) is 11.8 Å². The van der Waals surface area contributed by atoms with Crippen LogP contribution in [0.25, 0.3) is 0 Å². The molecule has 0 unspecified atom stereocenters. The molecule has 2 saturated heterocycles. The van der Waals surface area contributed by atoms with Crippen molar-refractivity contribution in [1.29, 1.82) is 0 Å². The van der Waals surface area contributed by atoms with E-state index in [1.165, 1.54) is 4.90 Å². The standard InChI is InChI=1S/C9H14N2O2S/c1-2-10-4-3-7(5-10)11-8(12)6-14-9(11)13/h7H,2-6H2,1H3/t7-/m0/s1. The van der Waals surface area contributed by atoms with Crippen molar-refractivity contribution >= 4 is 22.9 Å². The lowest BCUT2D eigenvalue weighted by molar-refractivity contribution is -0.126. The van der Waals surface area contributed by atoms with Crippen molar-refractivity contribution in [2.75, 3.05) is 25.4 Å². The zero-order chi connectivity index (χ0) is 10.1. The molecule has 78 valence electrons. The van der Waals surface area contributed by atoms with Crippen molar-refractivity contribution in [2.24, 2.45) is 0 Å². The molecule has 2 aliphatic heterocycles. The number of carbonyl (C=O) groups excluding carboxylic acids is 2. The van der Waals surface area contributed by atoms with Gasteiger partial charge in [0.25, 0.3) is 5.24 Å². The first-order valence-corrected chi connectivity index (χ1v) is 5.92. The highest BCUT2D eigenvalue weighted by atomic mass is 32.2. The van der Waals surface area contributed by atoms with E-state index in [9.17, 15) is 9.59 Å². The fourth-order valence-electron chi connectivity index (χ4n) is 2.03. The molecule has 0 bridgehead atoms. The van der Waals surface area contributed by atoms with Crippen LogP contribution in [-0.4, -0.2) is 52.4 Å². The van der Waals surface area contributed by atoms with Crippen LogP contribution in [0.2, 0.25) is 0 Å². The van der Waals surface area contributed by atoms with E-state index in [1.807, 2.05) is 0 Å². The van der Waals surface area contributed by atoms with Crippen molar-refractivity contribution in [3.8, 4) is 0 Å². The second kappa shape index (κ2) is 3.90. The second-order valence-electron chi connectivity index (χ2n) is 3.65. The Bertz CT molecular complexity index is 254. The summed E-state index contributed by atoms with van der Waals surface area (Å²) >= 11 is 1.13. The molecular formula is C9H14N2O2S. The normalized spacial score (nSPS) is 29.2. The van der Waals surface area contributed by atoms with E-state index in [4.69, 9.17) is 0 Å². The average molecular weight is 214 g/mol. The van der Waals surface area contributed by atoms with Gasteiger partial charge in [-0.05, 0) is 13.0 Å². The molecule has 0 N–H and O–H groups in total. The third-order valence-corrected chi connectivity index (χ3v) is 3.68. The lowest BCUT2D eigenvalue weighted by atomic mass is 10.2. The Morgan fingerprint density at radius 1 is 1.50 bits per heavy atom. The summed E-state index contributed by atoms with van der Waals surface area (Å²) in [7, 11) is 0. The van der Waals surface area contributed by atoms with Crippen LogP contribution in [0.5, 0.6) is 0 Å². The van der Waals surface area contributed by atoms with Crippen molar-refractivity contribution in [3.05, 3.63) is 0 Å². The molecule has 2 fully saturated rings. The summed E-state index contributed by atoms with van der Waals surface area (Å²) in [6, 6.07) is 0.130. The van der Waals surface area contributed by atoms with E-state index >= 15 is 0 Å². The van der Waals surface area contributed by atoms with Crippen LogP contribution in [-0.2, 0) is 4.79 Å². The molecule has 0 spiro atoms. The monoisotopic (exact) mass is 214 g/mol. The second-order valence-corrected chi connectivity index (χ2v) is 4.58. The number of thioether (sulfide) groups is 1. The maximum atomic E-state index is 11.4. The molecule has 0 aromatic rings. The van der Waals surface area contributed by atoms with Gasteiger partial charge in [0.05, 0.1) is 11.8 Å². The summed E-state index contributed by atoms with van der Waals surface area (Å²) in [5.74, 6) is 0.324. The Hall–Kier alpha value is -0.550. The average Bonchev–Trinajstić information content (AvgIpc) is 2.73. The summed E-state index contributed by atoms with van der Waals surface area (Å²) in [6.45, 7) is 4.96. The fraction of sp³-hybridized carbons (Fsp3) is 0.778. The number of imide groups is 1. The van der Waals surface area contributed by atoms with Crippen molar-refractivity contribution in [2.45, 2.75) is 19.4 Å². The zero-order valence-electron chi connectivity index (χ0n) is 8.23. The number of hydrogen-bond acceptors (Lipinski definition) is 4. The molecule has 2 aliphatic rings. The summed E-state index contributed by atoms with van der Waals surface area (Å²) in [5.41, 5.74) is 0. The third kappa shape index (κ3) is 1.66. The summed E-state index contributed by atoms with van der Waals surface area (Å²) in [4.78, 5) is 26.6. The Kier molecular flexibility index (Phi) is 2.78. The molecule has 14 heavy (non-hydrogen) atoms. The molecule has 0 saturated carbocycles. The number of likely N-dealkylation sites (N-methyl/N-ethyl adjacent to an activating group) is 1. The summed E-state index contributed by atoms with van der Waals surface area (Å²) in [6.07, 6.45) is 0.936. The lowest BCUT2D eigenvalue weighted by Gasteiger charge is -2.21. The predicted molar refractivity (Wildman–Crippen MR) is 55.2 cm³/mol. The SMILES string of the molecule is CCN1CC[C@H](N2C(=O)CSC2=O)C1. The molecule has 1 atom stereocenters. The quantitative estimate of drug-likeness (QED) is 0.681. The topological polar surface area (TPSA) is 40.6 Å². The van der Waals surface area contributed by atoms with Gasteiger partial charge in [-0.1, -0.05) is 18.7 Å². The first kappa shape index (κ1) is 9.98. The van der Waals surface area contributed by atoms with Gasteiger partial charge in [-0.15, -0.1) is 0 Å². The van der Waals surface area contributed by atoms with Crippen LogP contribution in [0.3, 0.4) is 0 Å². The van der Waals surface area contributed by atoms with Gasteiger partial charge in [0, 0.05) is 13.1 Å². The zero-order valence-corrected chi connectivity index (χ0v) is 9.05. The third-order valence-electron chi connectivity index (χ3n) is 2.84. The van der Waals surface area contributed by atoms with Crippen LogP contribution >= 0.6 is 11.8 Å². The first-order valence-electron chi connectivity index (χ1n) is 4.93. The van der Waals surface area contributed by atoms with Crippen molar-refractivity contribution in [1.82, 2.24) is 9.80 Å². The van der Waals surface area contributed by atoms with Crippen LogP contribution in [0.15, 0.2) is 0 Å². The highest BCUT2D eigenvalue weighted by molar-refractivity contribution is 8.14. The lowest BCUT2D eigenvalue weighted by Crippen LogP contribution is -2.40. The number of amides is 2. The predicted octanol–water partition coefficient (Wildman–Crippen LogP) is 0.776. The first-order chi connectivity index (χ1) is 6.72. The minimum absolute atomic E-state index is 0.0112. The molecule has 0 aliphatic carbocycles.